The molecule has 0 aromatic heterocycles. The van der Waals surface area contributed by atoms with E-state index in [1.165, 1.54) is 17.0 Å². The minimum Gasteiger partial charge on any atom is -0.486 e. The van der Waals surface area contributed by atoms with Crippen molar-refractivity contribution >= 4 is 28.8 Å². The lowest BCUT2D eigenvalue weighted by Crippen LogP contribution is -2.46. The van der Waals surface area contributed by atoms with E-state index in [2.05, 4.69) is 5.32 Å². The van der Waals surface area contributed by atoms with Gasteiger partial charge in [-0.2, -0.15) is 13.2 Å². The lowest BCUT2D eigenvalue weighted by atomic mass is 9.83. The fraction of sp³-hybridized carbons (Fsp3) is 0.429. The molecule has 0 bridgehead atoms. The van der Waals surface area contributed by atoms with E-state index in [1.54, 1.807) is 18.2 Å². The number of carbonyl (C=O) groups is 2. The van der Waals surface area contributed by atoms with Crippen molar-refractivity contribution in [1.29, 1.82) is 0 Å². The monoisotopic (exact) mass is 532 g/mol. The second kappa shape index (κ2) is 10.7. The van der Waals surface area contributed by atoms with E-state index in [0.717, 1.165) is 12.1 Å². The summed E-state index contributed by atoms with van der Waals surface area (Å²) in [5.74, 6) is -0.157. The van der Waals surface area contributed by atoms with Crippen LogP contribution in [0.4, 0.5) is 24.5 Å². The highest BCUT2D eigenvalue weighted by Crippen LogP contribution is 2.45. The van der Waals surface area contributed by atoms with Crippen LogP contribution in [-0.2, 0) is 15.8 Å². The summed E-state index contributed by atoms with van der Waals surface area (Å²) in [5.41, 5.74) is 0.430. The molecule has 204 valence electrons. The van der Waals surface area contributed by atoms with Crippen molar-refractivity contribution < 1.29 is 37.3 Å². The third kappa shape index (κ3) is 5.36. The molecule has 4 rings (SSSR count). The number of amides is 2. The SMILES string of the molecule is CCN1C(=O)C(CCO)Oc2ccc(NC(=O)/C=C3\CC(CC)(CC)Oc4cc(C(F)(F)F)ccc43)cc21. The maximum absolute atomic E-state index is 13.3. The molecular formula is C28H31F3N2O5. The summed E-state index contributed by atoms with van der Waals surface area (Å²) < 4.78 is 51.8. The van der Waals surface area contributed by atoms with Crippen LogP contribution in [0.25, 0.3) is 5.57 Å². The molecule has 0 saturated heterocycles. The predicted octanol–water partition coefficient (Wildman–Crippen LogP) is 5.57. The third-order valence-corrected chi connectivity index (χ3v) is 7.12. The predicted molar refractivity (Wildman–Crippen MR) is 137 cm³/mol. The number of benzene rings is 2. The Bertz CT molecular complexity index is 1250. The zero-order chi connectivity index (χ0) is 27.7. The van der Waals surface area contributed by atoms with Crippen molar-refractivity contribution in [2.24, 2.45) is 0 Å². The van der Waals surface area contributed by atoms with Crippen molar-refractivity contribution in [2.75, 3.05) is 23.4 Å². The van der Waals surface area contributed by atoms with Crippen LogP contribution in [0.5, 0.6) is 11.5 Å². The summed E-state index contributed by atoms with van der Waals surface area (Å²) in [6.45, 7) is 5.82. The van der Waals surface area contributed by atoms with E-state index >= 15 is 0 Å². The van der Waals surface area contributed by atoms with E-state index < -0.39 is 29.4 Å². The standard InChI is InChI=1S/C28H31F3N2O5/c1-4-27(5-2)16-17(20-9-7-18(28(29,30)31)14-24(20)38-27)13-25(35)32-19-8-10-22-21(15-19)33(6-3)26(36)23(37-22)11-12-34/h7-10,13-15,23,34H,4-6,11-12,16H2,1-3H3,(H,32,35)/b17-13+. The zero-order valence-corrected chi connectivity index (χ0v) is 21.5. The van der Waals surface area contributed by atoms with Crippen LogP contribution in [-0.4, -0.2) is 41.8 Å². The molecule has 0 fully saturated rings. The largest absolute Gasteiger partial charge is 0.486 e. The van der Waals surface area contributed by atoms with Gasteiger partial charge >= 0.3 is 6.18 Å². The number of anilines is 2. The molecule has 2 N–H and O–H groups in total. The fourth-order valence-electron chi connectivity index (χ4n) is 4.90. The van der Waals surface area contributed by atoms with E-state index in [4.69, 9.17) is 9.47 Å². The first-order chi connectivity index (χ1) is 18.0. The number of rotatable bonds is 7. The van der Waals surface area contributed by atoms with Crippen molar-refractivity contribution in [3.63, 3.8) is 0 Å². The molecule has 7 nitrogen and oxygen atoms in total. The van der Waals surface area contributed by atoms with Gasteiger partial charge in [0.2, 0.25) is 5.91 Å². The molecule has 0 radical (unpaired) electrons. The molecule has 2 aliphatic heterocycles. The number of aliphatic hydroxyl groups excluding tert-OH is 1. The number of hydrogen-bond acceptors (Lipinski definition) is 5. The van der Waals surface area contributed by atoms with Gasteiger partial charge in [-0.1, -0.05) is 19.9 Å². The maximum atomic E-state index is 13.3. The van der Waals surface area contributed by atoms with Crippen molar-refractivity contribution in [3.05, 3.63) is 53.6 Å². The van der Waals surface area contributed by atoms with Crippen LogP contribution in [0.1, 0.15) is 57.6 Å². The van der Waals surface area contributed by atoms with Crippen molar-refractivity contribution in [2.45, 2.75) is 64.3 Å². The number of ether oxygens (including phenoxy) is 2. The maximum Gasteiger partial charge on any atom is 0.416 e. The first-order valence-electron chi connectivity index (χ1n) is 12.7. The number of alkyl halides is 3. The number of aliphatic hydroxyl groups is 1. The molecule has 38 heavy (non-hydrogen) atoms. The second-order valence-corrected chi connectivity index (χ2v) is 9.42. The number of likely N-dealkylation sites (N-methyl/N-ethyl adjacent to an activating group) is 1. The minimum atomic E-state index is -4.51. The van der Waals surface area contributed by atoms with Crippen molar-refractivity contribution in [3.8, 4) is 11.5 Å². The second-order valence-electron chi connectivity index (χ2n) is 9.42. The van der Waals surface area contributed by atoms with Gasteiger partial charge in [0.25, 0.3) is 5.91 Å². The van der Waals surface area contributed by atoms with Crippen molar-refractivity contribution in [1.82, 2.24) is 0 Å². The van der Waals surface area contributed by atoms with Crippen LogP contribution < -0.4 is 19.7 Å². The Labute approximate surface area is 219 Å². The molecule has 2 aromatic rings. The van der Waals surface area contributed by atoms with E-state index in [9.17, 15) is 27.9 Å². The van der Waals surface area contributed by atoms with Crippen LogP contribution in [0, 0.1) is 0 Å². The Hall–Kier alpha value is -3.53. The number of hydrogen-bond donors (Lipinski definition) is 2. The molecule has 0 aliphatic carbocycles. The molecule has 1 unspecified atom stereocenters. The van der Waals surface area contributed by atoms with Gasteiger partial charge in [-0.15, -0.1) is 0 Å². The Balaban J connectivity index is 1.63. The van der Waals surface area contributed by atoms with E-state index in [-0.39, 0.29) is 24.7 Å². The smallest absolute Gasteiger partial charge is 0.416 e. The summed E-state index contributed by atoms with van der Waals surface area (Å²) >= 11 is 0. The number of fused-ring (bicyclic) bond motifs is 2. The van der Waals surface area contributed by atoms with Gasteiger partial charge in [-0.3, -0.25) is 9.59 Å². The highest BCUT2D eigenvalue weighted by molar-refractivity contribution is 6.06. The molecule has 10 heteroatoms. The zero-order valence-electron chi connectivity index (χ0n) is 21.5. The van der Waals surface area contributed by atoms with Crippen LogP contribution in [0.3, 0.4) is 0 Å². The molecule has 2 aliphatic rings. The van der Waals surface area contributed by atoms with Gasteiger partial charge < -0.3 is 24.8 Å². The summed E-state index contributed by atoms with van der Waals surface area (Å²) in [7, 11) is 0. The quantitative estimate of drug-likeness (QED) is 0.456. The topological polar surface area (TPSA) is 88.1 Å². The number of nitrogens with zero attached hydrogens (tertiary/aromatic N) is 1. The number of carbonyl (C=O) groups excluding carboxylic acids is 2. The highest BCUT2D eigenvalue weighted by Gasteiger charge is 2.38. The van der Waals surface area contributed by atoms with Gasteiger partial charge in [0.15, 0.2) is 6.10 Å². The lowest BCUT2D eigenvalue weighted by Gasteiger charge is -2.39. The summed E-state index contributed by atoms with van der Waals surface area (Å²) in [4.78, 5) is 27.4. The van der Waals surface area contributed by atoms with Crippen LogP contribution in [0.15, 0.2) is 42.5 Å². The fourth-order valence-corrected chi connectivity index (χ4v) is 4.90. The van der Waals surface area contributed by atoms with Crippen LogP contribution in [0.2, 0.25) is 0 Å². The highest BCUT2D eigenvalue weighted by atomic mass is 19.4. The van der Waals surface area contributed by atoms with Gasteiger partial charge in [0, 0.05) is 43.3 Å². The first kappa shape index (κ1) is 27.5. The van der Waals surface area contributed by atoms with Gasteiger partial charge in [0.1, 0.15) is 17.1 Å². The normalized spacial score (nSPS) is 19.3. The Kier molecular flexibility index (Phi) is 7.73. The van der Waals surface area contributed by atoms with Gasteiger partial charge in [-0.05, 0) is 55.7 Å². The van der Waals surface area contributed by atoms with Gasteiger partial charge in [-0.25, -0.2) is 0 Å². The summed E-state index contributed by atoms with van der Waals surface area (Å²) in [6, 6.07) is 8.26. The Morgan fingerprint density at radius 1 is 1.16 bits per heavy atom. The summed E-state index contributed by atoms with van der Waals surface area (Å²) in [6.07, 6.45) is -2.24. The number of nitrogens with one attached hydrogen (secondary N) is 1. The average molecular weight is 533 g/mol. The molecule has 0 spiro atoms. The Morgan fingerprint density at radius 3 is 2.53 bits per heavy atom. The van der Waals surface area contributed by atoms with E-state index in [0.29, 0.717) is 54.1 Å². The first-order valence-corrected chi connectivity index (χ1v) is 12.7. The Morgan fingerprint density at radius 2 is 1.89 bits per heavy atom. The minimum absolute atomic E-state index is 0.106. The molecular weight excluding hydrogens is 501 g/mol. The molecule has 2 heterocycles. The molecule has 2 aromatic carbocycles. The van der Waals surface area contributed by atoms with Gasteiger partial charge in [0.05, 0.1) is 11.3 Å². The lowest BCUT2D eigenvalue weighted by molar-refractivity contribution is -0.137. The average Bonchev–Trinajstić information content (AvgIpc) is 2.88. The summed E-state index contributed by atoms with van der Waals surface area (Å²) in [5, 5.41) is 12.0. The molecule has 0 saturated carbocycles. The third-order valence-electron chi connectivity index (χ3n) is 7.12. The molecule has 2 amide bonds. The van der Waals surface area contributed by atoms with Crippen LogP contribution >= 0.6 is 0 Å². The molecule has 1 atom stereocenters. The van der Waals surface area contributed by atoms with E-state index in [1.807, 2.05) is 20.8 Å². The number of halogens is 3.